The fraction of sp³-hybridized carbons (Fsp3) is 0.500. The minimum Gasteiger partial charge on any atom is -0.0874 e. The molecule has 0 heteroatoms. The number of allylic oxidation sites excluding steroid dienone is 6. The van der Waals surface area contributed by atoms with Gasteiger partial charge < -0.3 is 0 Å². The van der Waals surface area contributed by atoms with E-state index >= 15 is 0 Å². The van der Waals surface area contributed by atoms with Crippen molar-refractivity contribution in [2.75, 3.05) is 0 Å². The zero-order valence-electron chi connectivity index (χ0n) is 7.50. The van der Waals surface area contributed by atoms with Crippen LogP contribution in [0.4, 0.5) is 0 Å². The summed E-state index contributed by atoms with van der Waals surface area (Å²) in [6.07, 6.45) is 20.4. The fourth-order valence-electron chi connectivity index (χ4n) is 2.06. The standard InChI is InChI=1S/C12H16/c1-2-4-8-12(9-5-3-1)10-6-7-11-12/h4,6-8,10-11H,1-3,5,9H2. The van der Waals surface area contributed by atoms with Crippen LogP contribution in [0, 0.1) is 5.41 Å². The van der Waals surface area contributed by atoms with Crippen LogP contribution in [0.3, 0.4) is 0 Å². The fourth-order valence-corrected chi connectivity index (χ4v) is 2.06. The maximum Gasteiger partial charge on any atom is 0.0248 e. The summed E-state index contributed by atoms with van der Waals surface area (Å²) < 4.78 is 0. The molecule has 0 aromatic carbocycles. The van der Waals surface area contributed by atoms with E-state index < -0.39 is 0 Å². The predicted molar refractivity (Wildman–Crippen MR) is 52.9 cm³/mol. The molecule has 0 N–H and O–H groups in total. The van der Waals surface area contributed by atoms with Gasteiger partial charge in [-0.25, -0.2) is 0 Å². The topological polar surface area (TPSA) is 0 Å². The molecule has 2 aliphatic carbocycles. The third-order valence-electron chi connectivity index (χ3n) is 2.83. The highest BCUT2D eigenvalue weighted by Crippen LogP contribution is 2.35. The largest absolute Gasteiger partial charge is 0.0874 e. The van der Waals surface area contributed by atoms with Gasteiger partial charge in [-0.15, -0.1) is 0 Å². The highest BCUT2D eigenvalue weighted by molar-refractivity contribution is 5.31. The Bertz CT molecular complexity index is 218. The van der Waals surface area contributed by atoms with Gasteiger partial charge in [0, 0.05) is 5.41 Å². The second kappa shape index (κ2) is 3.30. The first-order valence-corrected chi connectivity index (χ1v) is 4.96. The zero-order valence-corrected chi connectivity index (χ0v) is 7.50. The van der Waals surface area contributed by atoms with E-state index in [1.54, 1.807) is 0 Å². The Balaban J connectivity index is 2.16. The molecule has 0 aromatic heterocycles. The summed E-state index contributed by atoms with van der Waals surface area (Å²) in [6.45, 7) is 0. The van der Waals surface area contributed by atoms with Crippen molar-refractivity contribution in [2.24, 2.45) is 5.41 Å². The van der Waals surface area contributed by atoms with Crippen LogP contribution in [0.25, 0.3) is 0 Å². The van der Waals surface area contributed by atoms with Crippen LogP contribution in [-0.2, 0) is 0 Å². The molecule has 0 unspecified atom stereocenters. The smallest absolute Gasteiger partial charge is 0.0248 e. The third-order valence-corrected chi connectivity index (χ3v) is 2.83. The van der Waals surface area contributed by atoms with Gasteiger partial charge >= 0.3 is 0 Å². The van der Waals surface area contributed by atoms with Crippen LogP contribution in [-0.4, -0.2) is 0 Å². The van der Waals surface area contributed by atoms with E-state index in [1.807, 2.05) is 0 Å². The van der Waals surface area contributed by atoms with E-state index in [1.165, 1.54) is 32.1 Å². The summed E-state index contributed by atoms with van der Waals surface area (Å²) in [4.78, 5) is 0. The van der Waals surface area contributed by atoms with Crippen molar-refractivity contribution in [1.82, 2.24) is 0 Å². The lowest BCUT2D eigenvalue weighted by atomic mass is 9.82. The maximum absolute atomic E-state index is 2.38. The summed E-state index contributed by atoms with van der Waals surface area (Å²) in [6, 6.07) is 0. The molecule has 0 atom stereocenters. The number of hydrogen-bond donors (Lipinski definition) is 0. The summed E-state index contributed by atoms with van der Waals surface area (Å²) in [5, 5.41) is 0. The van der Waals surface area contributed by atoms with Crippen molar-refractivity contribution >= 4 is 0 Å². The quantitative estimate of drug-likeness (QED) is 0.475. The molecule has 12 heavy (non-hydrogen) atoms. The van der Waals surface area contributed by atoms with Gasteiger partial charge in [0.1, 0.15) is 0 Å². The second-order valence-corrected chi connectivity index (χ2v) is 3.83. The molecule has 0 saturated carbocycles. The molecule has 0 aliphatic heterocycles. The Kier molecular flexibility index (Phi) is 2.16. The molecule has 0 amide bonds. The third kappa shape index (κ3) is 1.52. The van der Waals surface area contributed by atoms with Gasteiger partial charge in [-0.2, -0.15) is 0 Å². The van der Waals surface area contributed by atoms with Crippen LogP contribution in [0.2, 0.25) is 0 Å². The predicted octanol–water partition coefficient (Wildman–Crippen LogP) is 3.62. The van der Waals surface area contributed by atoms with E-state index in [0.29, 0.717) is 5.41 Å². The molecule has 0 heterocycles. The van der Waals surface area contributed by atoms with Gasteiger partial charge in [-0.3, -0.25) is 0 Å². The van der Waals surface area contributed by atoms with Gasteiger partial charge in [0.05, 0.1) is 0 Å². The van der Waals surface area contributed by atoms with Crippen molar-refractivity contribution in [3.8, 4) is 0 Å². The molecule has 0 radical (unpaired) electrons. The normalized spacial score (nSPS) is 26.0. The van der Waals surface area contributed by atoms with Gasteiger partial charge in [0.25, 0.3) is 0 Å². The van der Waals surface area contributed by atoms with Crippen molar-refractivity contribution in [3.63, 3.8) is 0 Å². The van der Waals surface area contributed by atoms with E-state index in [4.69, 9.17) is 0 Å². The molecule has 1 spiro atoms. The minimum absolute atomic E-state index is 0.306. The summed E-state index contributed by atoms with van der Waals surface area (Å²) in [5.41, 5.74) is 0.306. The lowest BCUT2D eigenvalue weighted by molar-refractivity contribution is 0.502. The Morgan fingerprint density at radius 2 is 1.67 bits per heavy atom. The van der Waals surface area contributed by atoms with Crippen molar-refractivity contribution in [3.05, 3.63) is 36.5 Å². The monoisotopic (exact) mass is 160 g/mol. The van der Waals surface area contributed by atoms with Gasteiger partial charge in [0.15, 0.2) is 0 Å². The molecule has 0 bridgehead atoms. The molecule has 2 aliphatic rings. The van der Waals surface area contributed by atoms with Crippen LogP contribution in [0.15, 0.2) is 36.5 Å². The molecule has 2 rings (SSSR count). The van der Waals surface area contributed by atoms with E-state index in [-0.39, 0.29) is 0 Å². The Labute approximate surface area is 74.7 Å². The van der Waals surface area contributed by atoms with Crippen LogP contribution >= 0.6 is 0 Å². The number of hydrogen-bond acceptors (Lipinski definition) is 0. The first-order chi connectivity index (χ1) is 5.91. The average Bonchev–Trinajstić information content (AvgIpc) is 2.47. The first-order valence-electron chi connectivity index (χ1n) is 4.96. The molecule has 0 saturated heterocycles. The number of rotatable bonds is 0. The molecular weight excluding hydrogens is 144 g/mol. The minimum atomic E-state index is 0.306. The average molecular weight is 160 g/mol. The van der Waals surface area contributed by atoms with Gasteiger partial charge in [0.2, 0.25) is 0 Å². The lowest BCUT2D eigenvalue weighted by Gasteiger charge is -2.22. The SMILES string of the molecule is C1=CC2(C=C1)C=CCCCCC2. The van der Waals surface area contributed by atoms with Crippen LogP contribution in [0.1, 0.15) is 32.1 Å². The van der Waals surface area contributed by atoms with Crippen molar-refractivity contribution in [2.45, 2.75) is 32.1 Å². The van der Waals surface area contributed by atoms with E-state index in [2.05, 4.69) is 36.5 Å². The zero-order chi connectivity index (χ0) is 8.28. The molecule has 64 valence electrons. The summed E-state index contributed by atoms with van der Waals surface area (Å²) in [7, 11) is 0. The van der Waals surface area contributed by atoms with Gasteiger partial charge in [-0.1, -0.05) is 49.3 Å². The van der Waals surface area contributed by atoms with Crippen LogP contribution in [0.5, 0.6) is 0 Å². The van der Waals surface area contributed by atoms with Crippen molar-refractivity contribution in [1.29, 1.82) is 0 Å². The highest BCUT2D eigenvalue weighted by atomic mass is 14.3. The summed E-state index contributed by atoms with van der Waals surface area (Å²) >= 11 is 0. The molecule has 0 nitrogen and oxygen atoms in total. The van der Waals surface area contributed by atoms with Gasteiger partial charge in [-0.05, 0) is 19.3 Å². The maximum atomic E-state index is 2.38. The van der Waals surface area contributed by atoms with E-state index in [9.17, 15) is 0 Å². The van der Waals surface area contributed by atoms with E-state index in [0.717, 1.165) is 0 Å². The molecular formula is C12H16. The lowest BCUT2D eigenvalue weighted by Crippen LogP contribution is -2.10. The Morgan fingerprint density at radius 1 is 0.833 bits per heavy atom. The van der Waals surface area contributed by atoms with Crippen LogP contribution < -0.4 is 0 Å². The molecule has 0 aromatic rings. The summed E-state index contributed by atoms with van der Waals surface area (Å²) in [5.74, 6) is 0. The Morgan fingerprint density at radius 3 is 2.50 bits per heavy atom. The Hall–Kier alpha value is -0.780. The molecule has 0 fully saturated rings. The first kappa shape index (κ1) is 7.85. The highest BCUT2D eigenvalue weighted by Gasteiger charge is 2.22. The van der Waals surface area contributed by atoms with Crippen molar-refractivity contribution < 1.29 is 0 Å². The second-order valence-electron chi connectivity index (χ2n) is 3.83.